The summed E-state index contributed by atoms with van der Waals surface area (Å²) in [4.78, 5) is 61.5. The Balaban J connectivity index is 1.53. The zero-order valence-corrected chi connectivity index (χ0v) is 20.4. The molecule has 2 saturated heterocycles. The maximum Gasteiger partial charge on any atom is 0.509 e. The van der Waals surface area contributed by atoms with E-state index in [9.17, 15) is 34.6 Å². The van der Waals surface area contributed by atoms with Crippen LogP contribution in [0.2, 0.25) is 0 Å². The number of nitro benzene ring substituents is 2. The number of non-ortho nitro benzene ring substituents is 2. The lowest BCUT2D eigenvalue weighted by molar-refractivity contribution is -0.385. The zero-order valence-electron chi connectivity index (χ0n) is 20.4. The molecule has 200 valence electrons. The lowest BCUT2D eigenvalue weighted by atomic mass is 10.1. The molecule has 0 aliphatic carbocycles. The number of rotatable bonds is 10. The molecule has 0 bridgehead atoms. The summed E-state index contributed by atoms with van der Waals surface area (Å²) in [6.07, 6.45) is -0.903. The lowest BCUT2D eigenvalue weighted by Crippen LogP contribution is -2.34. The number of ether oxygens (including phenoxy) is 2. The maximum absolute atomic E-state index is 13.0. The number of carbonyl (C=O) groups excluding carboxylic acids is 3. The van der Waals surface area contributed by atoms with Gasteiger partial charge in [0.2, 0.25) is 11.8 Å². The molecule has 0 saturated carbocycles. The molecular formula is C25H26N4O9. The molecule has 2 fully saturated rings. The van der Waals surface area contributed by atoms with Crippen molar-refractivity contribution in [3.8, 4) is 0 Å². The Kier molecular flexibility index (Phi) is 8.14. The zero-order chi connectivity index (χ0) is 27.2. The smallest absolute Gasteiger partial charge is 0.424 e. The molecule has 2 aromatic rings. The van der Waals surface area contributed by atoms with Gasteiger partial charge in [-0.15, -0.1) is 0 Å². The van der Waals surface area contributed by atoms with Gasteiger partial charge in [0.05, 0.1) is 22.9 Å². The van der Waals surface area contributed by atoms with Gasteiger partial charge in [-0.1, -0.05) is 0 Å². The van der Waals surface area contributed by atoms with Gasteiger partial charge in [-0.2, -0.15) is 0 Å². The molecule has 2 aromatic carbocycles. The fraction of sp³-hybridized carbons (Fsp3) is 0.400. The number of hydrogen-bond donors (Lipinski definition) is 0. The van der Waals surface area contributed by atoms with E-state index in [1.807, 2.05) is 0 Å². The van der Waals surface area contributed by atoms with E-state index in [2.05, 4.69) is 0 Å². The van der Waals surface area contributed by atoms with E-state index in [0.717, 1.165) is 0 Å². The van der Waals surface area contributed by atoms with Crippen molar-refractivity contribution >= 4 is 29.3 Å². The second kappa shape index (κ2) is 11.7. The maximum atomic E-state index is 13.0. The number of amides is 2. The van der Waals surface area contributed by atoms with E-state index in [1.54, 1.807) is 9.80 Å². The average Bonchev–Trinajstić information content (AvgIpc) is 3.50. The third-order valence-electron chi connectivity index (χ3n) is 6.54. The van der Waals surface area contributed by atoms with Crippen LogP contribution in [-0.2, 0) is 19.1 Å². The molecule has 13 heteroatoms. The Morgan fingerprint density at radius 3 is 1.39 bits per heavy atom. The summed E-state index contributed by atoms with van der Waals surface area (Å²) in [6.45, 7) is 1.06. The van der Waals surface area contributed by atoms with Crippen LogP contribution in [0, 0.1) is 20.2 Å². The van der Waals surface area contributed by atoms with Gasteiger partial charge in [0.25, 0.3) is 11.4 Å². The molecule has 0 N–H and O–H groups in total. The van der Waals surface area contributed by atoms with Crippen LogP contribution in [0.5, 0.6) is 0 Å². The van der Waals surface area contributed by atoms with Crippen LogP contribution < -0.4 is 0 Å². The molecule has 0 spiro atoms. The van der Waals surface area contributed by atoms with Crippen molar-refractivity contribution in [2.24, 2.45) is 0 Å². The van der Waals surface area contributed by atoms with Crippen LogP contribution in [-0.4, -0.2) is 63.8 Å². The van der Waals surface area contributed by atoms with Gasteiger partial charge in [-0.25, -0.2) is 4.79 Å². The minimum Gasteiger partial charge on any atom is -0.424 e. The molecule has 38 heavy (non-hydrogen) atoms. The highest BCUT2D eigenvalue weighted by Gasteiger charge is 2.31. The molecule has 2 aliphatic rings. The summed E-state index contributed by atoms with van der Waals surface area (Å²) in [7, 11) is 0. The summed E-state index contributed by atoms with van der Waals surface area (Å²) < 4.78 is 11.2. The normalized spacial score (nSPS) is 16.8. The average molecular weight is 527 g/mol. The molecule has 4 rings (SSSR count). The van der Waals surface area contributed by atoms with E-state index in [4.69, 9.17) is 9.47 Å². The third-order valence-corrected chi connectivity index (χ3v) is 6.54. The third kappa shape index (κ3) is 6.41. The summed E-state index contributed by atoms with van der Waals surface area (Å²) in [5, 5.41) is 22.1. The molecule has 13 nitrogen and oxygen atoms in total. The Morgan fingerprint density at radius 1 is 0.737 bits per heavy atom. The highest BCUT2D eigenvalue weighted by molar-refractivity contribution is 5.78. The van der Waals surface area contributed by atoms with E-state index < -0.39 is 28.2 Å². The molecule has 0 radical (unpaired) electrons. The van der Waals surface area contributed by atoms with Crippen LogP contribution in [0.4, 0.5) is 16.2 Å². The van der Waals surface area contributed by atoms with Gasteiger partial charge < -0.3 is 19.3 Å². The lowest BCUT2D eigenvalue weighted by Gasteiger charge is -2.27. The van der Waals surface area contributed by atoms with Gasteiger partial charge in [0, 0.05) is 50.2 Å². The van der Waals surface area contributed by atoms with E-state index in [0.29, 0.717) is 49.9 Å². The largest absolute Gasteiger partial charge is 0.509 e. The van der Waals surface area contributed by atoms with Gasteiger partial charge in [0.15, 0.2) is 0 Å². The summed E-state index contributed by atoms with van der Waals surface area (Å²) >= 11 is 0. The van der Waals surface area contributed by atoms with Crippen molar-refractivity contribution in [2.45, 2.75) is 37.9 Å². The molecule has 2 heterocycles. The predicted octanol–water partition coefficient (Wildman–Crippen LogP) is 3.68. The number of benzene rings is 2. The first-order valence-electron chi connectivity index (χ1n) is 12.1. The molecular weight excluding hydrogens is 500 g/mol. The number of carbonyl (C=O) groups is 3. The van der Waals surface area contributed by atoms with Crippen molar-refractivity contribution in [3.63, 3.8) is 0 Å². The van der Waals surface area contributed by atoms with Gasteiger partial charge >= 0.3 is 6.16 Å². The topological polar surface area (TPSA) is 162 Å². The van der Waals surface area contributed by atoms with Crippen LogP contribution in [0.25, 0.3) is 0 Å². The first-order chi connectivity index (χ1) is 18.2. The predicted molar refractivity (Wildman–Crippen MR) is 131 cm³/mol. The Hall–Kier alpha value is -4.55. The van der Waals surface area contributed by atoms with Crippen molar-refractivity contribution < 1.29 is 33.7 Å². The monoisotopic (exact) mass is 526 g/mol. The van der Waals surface area contributed by atoms with Crippen molar-refractivity contribution in [3.05, 3.63) is 79.9 Å². The summed E-state index contributed by atoms with van der Waals surface area (Å²) in [6, 6.07) is 10.9. The van der Waals surface area contributed by atoms with E-state index in [-0.39, 0.29) is 36.3 Å². The fourth-order valence-electron chi connectivity index (χ4n) is 4.50. The van der Waals surface area contributed by atoms with Crippen LogP contribution in [0.1, 0.15) is 49.0 Å². The number of nitrogens with zero attached hydrogens (tertiary/aromatic N) is 4. The second-order valence-corrected chi connectivity index (χ2v) is 9.05. The minimum atomic E-state index is -1.07. The molecule has 2 atom stereocenters. The van der Waals surface area contributed by atoms with Crippen LogP contribution >= 0.6 is 0 Å². The number of nitro groups is 2. The highest BCUT2D eigenvalue weighted by Crippen LogP contribution is 2.28. The molecule has 0 aromatic heterocycles. The van der Waals surface area contributed by atoms with Gasteiger partial charge in [-0.3, -0.25) is 29.8 Å². The quantitative estimate of drug-likeness (QED) is 0.255. The van der Waals surface area contributed by atoms with Crippen molar-refractivity contribution in [1.82, 2.24) is 9.80 Å². The standard InChI is InChI=1S/C25H26N4O9/c30-23-3-1-13-26(23)15-21(17-5-9-19(10-6-17)28(33)34)37-25(32)38-22(16-27-14-2-4-24(27)31)18-7-11-20(12-8-18)29(35)36/h5-12,21-22H,1-4,13-16H2. The van der Waals surface area contributed by atoms with Gasteiger partial charge in [0.1, 0.15) is 12.2 Å². The molecule has 2 unspecified atom stereocenters. The first-order valence-corrected chi connectivity index (χ1v) is 12.1. The van der Waals surface area contributed by atoms with E-state index in [1.165, 1.54) is 48.5 Å². The molecule has 2 amide bonds. The first kappa shape index (κ1) is 26.5. The van der Waals surface area contributed by atoms with E-state index >= 15 is 0 Å². The molecule has 2 aliphatic heterocycles. The Bertz CT molecular complexity index is 1120. The highest BCUT2D eigenvalue weighted by atomic mass is 16.7. The van der Waals surface area contributed by atoms with Crippen molar-refractivity contribution in [1.29, 1.82) is 0 Å². The minimum absolute atomic E-state index is 0.0402. The van der Waals surface area contributed by atoms with Gasteiger partial charge in [-0.05, 0) is 48.2 Å². The number of likely N-dealkylation sites (tertiary alicyclic amines) is 2. The number of hydrogen-bond acceptors (Lipinski definition) is 9. The fourth-order valence-corrected chi connectivity index (χ4v) is 4.50. The SMILES string of the molecule is O=C(OC(CN1CCCC1=O)c1ccc([N+](=O)[O-])cc1)OC(CN1CCCC1=O)c1ccc([N+](=O)[O-])cc1. The summed E-state index contributed by atoms with van der Waals surface area (Å²) in [5.74, 6) is -0.185. The van der Waals surface area contributed by atoms with Crippen LogP contribution in [0.15, 0.2) is 48.5 Å². The second-order valence-electron chi connectivity index (χ2n) is 9.05. The van der Waals surface area contributed by atoms with Crippen LogP contribution in [0.3, 0.4) is 0 Å². The summed E-state index contributed by atoms with van der Waals surface area (Å²) in [5.41, 5.74) is 0.601. The Morgan fingerprint density at radius 2 is 1.11 bits per heavy atom. The van der Waals surface area contributed by atoms with Crippen molar-refractivity contribution in [2.75, 3.05) is 26.2 Å². The Labute approximate surface area is 217 Å².